The Balaban J connectivity index is 2.12. The zero-order valence-electron chi connectivity index (χ0n) is 10.2. The van der Waals surface area contributed by atoms with Gasteiger partial charge in [-0.05, 0) is 25.0 Å². The molecule has 3 amide bonds. The molecule has 1 aromatic rings. The first-order chi connectivity index (χ1) is 9.00. The highest BCUT2D eigenvalue weighted by molar-refractivity contribution is 7.90. The lowest BCUT2D eigenvalue weighted by molar-refractivity contribution is -0.129. The van der Waals surface area contributed by atoms with E-state index in [1.54, 1.807) is 18.2 Å². The number of nitrogens with one attached hydrogen (secondary N) is 1. The summed E-state index contributed by atoms with van der Waals surface area (Å²) in [5, 5.41) is 0. The molecule has 1 saturated heterocycles. The Hall–Kier alpha value is -1.89. The predicted octanol–water partition coefficient (Wildman–Crippen LogP) is 1.10. The van der Waals surface area contributed by atoms with E-state index in [1.807, 2.05) is 4.72 Å². The Morgan fingerprint density at radius 2 is 1.84 bits per heavy atom. The van der Waals surface area contributed by atoms with Crippen LogP contribution in [0, 0.1) is 0 Å². The molecule has 7 heteroatoms. The molecule has 102 valence electrons. The van der Waals surface area contributed by atoms with Crippen molar-refractivity contribution in [1.29, 1.82) is 0 Å². The van der Waals surface area contributed by atoms with E-state index in [-0.39, 0.29) is 23.8 Å². The molecule has 0 saturated carbocycles. The number of sulfonamides is 1. The maximum atomic E-state index is 11.9. The molecule has 19 heavy (non-hydrogen) atoms. The van der Waals surface area contributed by atoms with Gasteiger partial charge in [0.15, 0.2) is 0 Å². The molecule has 2 rings (SSSR count). The number of hydrogen-bond acceptors (Lipinski definition) is 4. The molecule has 1 fully saturated rings. The summed E-state index contributed by atoms with van der Waals surface area (Å²) < 4.78 is 25.8. The molecule has 1 heterocycles. The summed E-state index contributed by atoms with van der Waals surface area (Å²) in [4.78, 5) is 24.3. The summed E-state index contributed by atoms with van der Waals surface area (Å²) in [7, 11) is -3.93. The number of amides is 3. The normalized spacial score (nSPS) is 16.2. The molecule has 0 radical (unpaired) electrons. The fraction of sp³-hybridized carbons (Fsp3) is 0.333. The highest BCUT2D eigenvalue weighted by Crippen LogP contribution is 2.12. The first kappa shape index (κ1) is 13.5. The number of benzene rings is 1. The number of nitrogens with zero attached hydrogens (tertiary/aromatic N) is 1. The summed E-state index contributed by atoms with van der Waals surface area (Å²) in [6.45, 7) is 0.259. The lowest BCUT2D eigenvalue weighted by Gasteiger charge is -2.24. The largest absolute Gasteiger partial charge is 0.337 e. The van der Waals surface area contributed by atoms with Gasteiger partial charge < -0.3 is 0 Å². The average molecular weight is 282 g/mol. The van der Waals surface area contributed by atoms with Gasteiger partial charge in [-0.2, -0.15) is 0 Å². The molecule has 1 aromatic carbocycles. The molecule has 1 N–H and O–H groups in total. The number of rotatable bonds is 2. The third-order valence-electron chi connectivity index (χ3n) is 2.84. The van der Waals surface area contributed by atoms with E-state index in [4.69, 9.17) is 0 Å². The van der Waals surface area contributed by atoms with Crippen LogP contribution >= 0.6 is 0 Å². The lowest BCUT2D eigenvalue weighted by Crippen LogP contribution is -2.47. The van der Waals surface area contributed by atoms with Crippen LogP contribution in [0.4, 0.5) is 4.79 Å². The standard InChI is InChI=1S/C12H14N2O4S/c15-11-8-4-5-9-14(11)12(16)13-19(17,18)10-6-2-1-3-7-10/h1-3,6-7H,4-5,8-9H2,(H,13,16). The minimum Gasteiger partial charge on any atom is -0.274 e. The van der Waals surface area contributed by atoms with E-state index in [1.165, 1.54) is 12.1 Å². The Morgan fingerprint density at radius 3 is 2.47 bits per heavy atom. The van der Waals surface area contributed by atoms with Gasteiger partial charge in [0.1, 0.15) is 0 Å². The fourth-order valence-electron chi connectivity index (χ4n) is 1.85. The highest BCUT2D eigenvalue weighted by Gasteiger charge is 2.27. The van der Waals surface area contributed by atoms with Crippen molar-refractivity contribution in [2.75, 3.05) is 6.54 Å². The van der Waals surface area contributed by atoms with Crippen LogP contribution in [-0.2, 0) is 14.8 Å². The highest BCUT2D eigenvalue weighted by atomic mass is 32.2. The van der Waals surface area contributed by atoms with Crippen LogP contribution in [0.5, 0.6) is 0 Å². The predicted molar refractivity (Wildman–Crippen MR) is 67.7 cm³/mol. The maximum Gasteiger partial charge on any atom is 0.337 e. The topological polar surface area (TPSA) is 83.6 Å². The molecule has 0 atom stereocenters. The summed E-state index contributed by atoms with van der Waals surface area (Å²) in [6.07, 6.45) is 1.71. The molecule has 0 aliphatic carbocycles. The van der Waals surface area contributed by atoms with Crippen LogP contribution in [0.2, 0.25) is 0 Å². The minimum atomic E-state index is -3.93. The second-order valence-electron chi connectivity index (χ2n) is 4.23. The Bertz CT molecular complexity index is 583. The maximum absolute atomic E-state index is 11.9. The molecular formula is C12H14N2O4S. The molecule has 1 aliphatic rings. The van der Waals surface area contributed by atoms with Crippen molar-refractivity contribution in [1.82, 2.24) is 9.62 Å². The Labute approximate surface area is 111 Å². The van der Waals surface area contributed by atoms with Crippen LogP contribution in [0.3, 0.4) is 0 Å². The molecule has 0 spiro atoms. The third kappa shape index (κ3) is 3.11. The zero-order valence-corrected chi connectivity index (χ0v) is 11.0. The number of urea groups is 1. The fourth-order valence-corrected chi connectivity index (χ4v) is 2.82. The van der Waals surface area contributed by atoms with Crippen molar-refractivity contribution in [2.24, 2.45) is 0 Å². The summed E-state index contributed by atoms with van der Waals surface area (Å²) in [6, 6.07) is 6.68. The van der Waals surface area contributed by atoms with Gasteiger partial charge >= 0.3 is 6.03 Å². The number of piperidine rings is 1. The van der Waals surface area contributed by atoms with E-state index in [0.717, 1.165) is 11.3 Å². The second kappa shape index (κ2) is 5.40. The van der Waals surface area contributed by atoms with Gasteiger partial charge in [-0.3, -0.25) is 9.69 Å². The number of carbonyl (C=O) groups excluding carboxylic acids is 2. The first-order valence-electron chi connectivity index (χ1n) is 5.93. The first-order valence-corrected chi connectivity index (χ1v) is 7.41. The number of hydrogen-bond donors (Lipinski definition) is 1. The number of carbonyl (C=O) groups is 2. The lowest BCUT2D eigenvalue weighted by atomic mass is 10.1. The van der Waals surface area contributed by atoms with E-state index in [2.05, 4.69) is 0 Å². The molecule has 6 nitrogen and oxygen atoms in total. The Kier molecular flexibility index (Phi) is 3.84. The van der Waals surface area contributed by atoms with Gasteiger partial charge in [0.2, 0.25) is 5.91 Å². The van der Waals surface area contributed by atoms with Gasteiger partial charge in [0.05, 0.1) is 4.90 Å². The number of imide groups is 1. The van der Waals surface area contributed by atoms with Crippen LogP contribution in [0.25, 0.3) is 0 Å². The molecule has 0 bridgehead atoms. The molecule has 0 unspecified atom stereocenters. The van der Waals surface area contributed by atoms with Crippen molar-refractivity contribution >= 4 is 22.0 Å². The van der Waals surface area contributed by atoms with Crippen LogP contribution < -0.4 is 4.72 Å². The van der Waals surface area contributed by atoms with Crippen molar-refractivity contribution < 1.29 is 18.0 Å². The zero-order chi connectivity index (χ0) is 13.9. The van der Waals surface area contributed by atoms with Crippen molar-refractivity contribution in [2.45, 2.75) is 24.2 Å². The van der Waals surface area contributed by atoms with Crippen LogP contribution in [0.15, 0.2) is 35.2 Å². The summed E-state index contributed by atoms with van der Waals surface area (Å²) in [5.74, 6) is -0.341. The van der Waals surface area contributed by atoms with E-state index < -0.39 is 16.1 Å². The van der Waals surface area contributed by atoms with Gasteiger partial charge in [-0.25, -0.2) is 17.9 Å². The summed E-state index contributed by atoms with van der Waals surface area (Å²) in [5.41, 5.74) is 0. The second-order valence-corrected chi connectivity index (χ2v) is 5.91. The van der Waals surface area contributed by atoms with Crippen LogP contribution in [-0.4, -0.2) is 31.8 Å². The molecule has 0 aromatic heterocycles. The third-order valence-corrected chi connectivity index (χ3v) is 4.18. The monoisotopic (exact) mass is 282 g/mol. The Morgan fingerprint density at radius 1 is 1.16 bits per heavy atom. The van der Waals surface area contributed by atoms with E-state index in [9.17, 15) is 18.0 Å². The van der Waals surface area contributed by atoms with Crippen molar-refractivity contribution in [3.8, 4) is 0 Å². The van der Waals surface area contributed by atoms with Gasteiger partial charge in [-0.15, -0.1) is 0 Å². The molecular weight excluding hydrogens is 268 g/mol. The van der Waals surface area contributed by atoms with Gasteiger partial charge in [0, 0.05) is 13.0 Å². The quantitative estimate of drug-likeness (QED) is 0.880. The van der Waals surface area contributed by atoms with E-state index >= 15 is 0 Å². The van der Waals surface area contributed by atoms with E-state index in [0.29, 0.717) is 6.42 Å². The smallest absolute Gasteiger partial charge is 0.274 e. The molecule has 1 aliphatic heterocycles. The average Bonchev–Trinajstić information content (AvgIpc) is 2.39. The minimum absolute atomic E-state index is 0.00666. The summed E-state index contributed by atoms with van der Waals surface area (Å²) >= 11 is 0. The van der Waals surface area contributed by atoms with Crippen LogP contribution in [0.1, 0.15) is 19.3 Å². The van der Waals surface area contributed by atoms with Crippen molar-refractivity contribution in [3.05, 3.63) is 30.3 Å². The van der Waals surface area contributed by atoms with Gasteiger partial charge in [-0.1, -0.05) is 18.2 Å². The number of likely N-dealkylation sites (tertiary alicyclic amines) is 1. The van der Waals surface area contributed by atoms with Crippen molar-refractivity contribution in [3.63, 3.8) is 0 Å². The van der Waals surface area contributed by atoms with Gasteiger partial charge in [0.25, 0.3) is 10.0 Å². The SMILES string of the molecule is O=C1CCCCN1C(=O)NS(=O)(=O)c1ccccc1.